The van der Waals surface area contributed by atoms with Crippen LogP contribution in [-0.4, -0.2) is 15.9 Å². The highest BCUT2D eigenvalue weighted by molar-refractivity contribution is 9.10. The Morgan fingerprint density at radius 1 is 1.28 bits per heavy atom. The number of aromatic nitrogens is 2. The van der Waals surface area contributed by atoms with Crippen molar-refractivity contribution in [3.8, 4) is 0 Å². The number of carbonyl (C=O) groups excluding carboxylic acids is 1. The van der Waals surface area contributed by atoms with Gasteiger partial charge in [0.2, 0.25) is 0 Å². The number of rotatable bonds is 2. The van der Waals surface area contributed by atoms with Gasteiger partial charge < -0.3 is 5.32 Å². The van der Waals surface area contributed by atoms with Gasteiger partial charge in [0, 0.05) is 16.2 Å². The lowest BCUT2D eigenvalue weighted by Gasteiger charge is -2.06. The molecule has 2 rings (SSSR count). The average Bonchev–Trinajstić information content (AvgIpc) is 2.34. The number of amides is 1. The Balaban J connectivity index is 2.18. The molecule has 0 atom stereocenters. The van der Waals surface area contributed by atoms with Crippen molar-refractivity contribution in [1.82, 2.24) is 9.97 Å². The molecule has 4 nitrogen and oxygen atoms in total. The maximum Gasteiger partial charge on any atom is 0.256 e. The minimum Gasteiger partial charge on any atom is -0.307 e. The Labute approximate surface area is 121 Å². The van der Waals surface area contributed by atoms with E-state index in [2.05, 4.69) is 47.1 Å². The quantitative estimate of drug-likeness (QED) is 0.822. The van der Waals surface area contributed by atoms with Gasteiger partial charge in [0.25, 0.3) is 5.91 Å². The third kappa shape index (κ3) is 3.14. The second-order valence-electron chi connectivity index (χ2n) is 3.59. The van der Waals surface area contributed by atoms with Gasteiger partial charge in [0.15, 0.2) is 0 Å². The van der Waals surface area contributed by atoms with E-state index in [1.54, 1.807) is 24.4 Å². The number of halogens is 2. The minimum atomic E-state index is -0.215. The number of pyridine rings is 2. The summed E-state index contributed by atoms with van der Waals surface area (Å²) in [6.45, 7) is 1.86. The SMILES string of the molecule is Cc1nc(NC(=O)c2ccnc(Br)c2)ccc1Br. The van der Waals surface area contributed by atoms with E-state index in [4.69, 9.17) is 0 Å². The summed E-state index contributed by atoms with van der Waals surface area (Å²) in [6.07, 6.45) is 1.57. The topological polar surface area (TPSA) is 54.9 Å². The maximum absolute atomic E-state index is 12.0. The van der Waals surface area contributed by atoms with Crippen LogP contribution in [0.1, 0.15) is 16.1 Å². The monoisotopic (exact) mass is 369 g/mol. The van der Waals surface area contributed by atoms with Crippen molar-refractivity contribution in [3.63, 3.8) is 0 Å². The van der Waals surface area contributed by atoms with Crippen LogP contribution in [0.15, 0.2) is 39.5 Å². The minimum absolute atomic E-state index is 0.215. The van der Waals surface area contributed by atoms with Gasteiger partial charge in [-0.3, -0.25) is 4.79 Å². The zero-order valence-corrected chi connectivity index (χ0v) is 12.6. The van der Waals surface area contributed by atoms with Crippen LogP contribution in [0.5, 0.6) is 0 Å². The fourth-order valence-corrected chi connectivity index (χ4v) is 1.93. The lowest BCUT2D eigenvalue weighted by molar-refractivity contribution is 0.102. The smallest absolute Gasteiger partial charge is 0.256 e. The van der Waals surface area contributed by atoms with E-state index in [1.807, 2.05) is 13.0 Å². The standard InChI is InChI=1S/C12H9Br2N3O/c1-7-9(13)2-3-11(16-7)17-12(18)8-4-5-15-10(14)6-8/h2-6H,1H3,(H,16,17,18). The van der Waals surface area contributed by atoms with Crippen LogP contribution in [0.3, 0.4) is 0 Å². The molecule has 92 valence electrons. The van der Waals surface area contributed by atoms with Gasteiger partial charge in [-0.15, -0.1) is 0 Å². The van der Waals surface area contributed by atoms with Crippen molar-refractivity contribution in [2.24, 2.45) is 0 Å². The van der Waals surface area contributed by atoms with Gasteiger partial charge in [0.1, 0.15) is 10.4 Å². The highest BCUT2D eigenvalue weighted by Crippen LogP contribution is 2.17. The van der Waals surface area contributed by atoms with E-state index in [0.717, 1.165) is 10.2 Å². The Morgan fingerprint density at radius 2 is 2.06 bits per heavy atom. The molecule has 0 aromatic carbocycles. The first-order chi connectivity index (χ1) is 8.56. The van der Waals surface area contributed by atoms with Crippen LogP contribution < -0.4 is 5.32 Å². The van der Waals surface area contributed by atoms with Gasteiger partial charge in [-0.05, 0) is 63.0 Å². The first-order valence-corrected chi connectivity index (χ1v) is 6.71. The highest BCUT2D eigenvalue weighted by Gasteiger charge is 2.08. The van der Waals surface area contributed by atoms with Crippen molar-refractivity contribution in [1.29, 1.82) is 0 Å². The summed E-state index contributed by atoms with van der Waals surface area (Å²) in [5.41, 5.74) is 1.35. The van der Waals surface area contributed by atoms with E-state index in [-0.39, 0.29) is 5.91 Å². The fourth-order valence-electron chi connectivity index (χ4n) is 1.35. The van der Waals surface area contributed by atoms with Crippen molar-refractivity contribution in [2.75, 3.05) is 5.32 Å². The largest absolute Gasteiger partial charge is 0.307 e. The van der Waals surface area contributed by atoms with Gasteiger partial charge in [-0.2, -0.15) is 0 Å². The molecule has 0 saturated heterocycles. The molecule has 1 N–H and O–H groups in total. The summed E-state index contributed by atoms with van der Waals surface area (Å²) in [5, 5.41) is 2.73. The zero-order valence-electron chi connectivity index (χ0n) is 9.45. The van der Waals surface area contributed by atoms with Crippen molar-refractivity contribution >= 4 is 43.6 Å². The molecule has 0 unspecified atom stereocenters. The van der Waals surface area contributed by atoms with Crippen molar-refractivity contribution in [3.05, 3.63) is 50.8 Å². The van der Waals surface area contributed by atoms with E-state index in [0.29, 0.717) is 16.0 Å². The number of hydrogen-bond acceptors (Lipinski definition) is 3. The van der Waals surface area contributed by atoms with Crippen molar-refractivity contribution in [2.45, 2.75) is 6.92 Å². The molecule has 0 bridgehead atoms. The molecule has 2 aromatic rings. The van der Waals surface area contributed by atoms with Crippen LogP contribution in [0.4, 0.5) is 5.82 Å². The molecule has 0 fully saturated rings. The van der Waals surface area contributed by atoms with Gasteiger partial charge in [-0.25, -0.2) is 9.97 Å². The number of aryl methyl sites for hydroxylation is 1. The van der Waals surface area contributed by atoms with Gasteiger partial charge in [-0.1, -0.05) is 0 Å². The summed E-state index contributed by atoms with van der Waals surface area (Å²) in [4.78, 5) is 20.2. The molecule has 0 spiro atoms. The Morgan fingerprint density at radius 3 is 2.72 bits per heavy atom. The van der Waals surface area contributed by atoms with E-state index < -0.39 is 0 Å². The molecule has 2 aromatic heterocycles. The van der Waals surface area contributed by atoms with Crippen LogP contribution in [0, 0.1) is 6.92 Å². The Kier molecular flexibility index (Phi) is 4.08. The van der Waals surface area contributed by atoms with E-state index >= 15 is 0 Å². The molecule has 2 heterocycles. The number of hydrogen-bond donors (Lipinski definition) is 1. The molecule has 0 saturated carbocycles. The first-order valence-electron chi connectivity index (χ1n) is 5.12. The summed E-state index contributed by atoms with van der Waals surface area (Å²) >= 11 is 6.58. The average molecular weight is 371 g/mol. The number of carbonyl (C=O) groups is 1. The highest BCUT2D eigenvalue weighted by atomic mass is 79.9. The van der Waals surface area contributed by atoms with Gasteiger partial charge in [0.05, 0.1) is 5.69 Å². The summed E-state index contributed by atoms with van der Waals surface area (Å²) < 4.78 is 1.53. The lowest BCUT2D eigenvalue weighted by Crippen LogP contribution is -2.13. The van der Waals surface area contributed by atoms with E-state index in [9.17, 15) is 4.79 Å². The fraction of sp³-hybridized carbons (Fsp3) is 0.0833. The molecule has 0 aliphatic carbocycles. The maximum atomic E-state index is 12.0. The summed E-state index contributed by atoms with van der Waals surface area (Å²) in [5.74, 6) is 0.306. The molecule has 1 amide bonds. The second kappa shape index (κ2) is 5.58. The molecular formula is C12H9Br2N3O. The lowest BCUT2D eigenvalue weighted by atomic mass is 10.2. The number of anilines is 1. The normalized spacial score (nSPS) is 10.2. The third-order valence-electron chi connectivity index (χ3n) is 2.25. The molecule has 0 radical (unpaired) electrons. The number of nitrogens with zero attached hydrogens (tertiary/aromatic N) is 2. The zero-order chi connectivity index (χ0) is 13.1. The van der Waals surface area contributed by atoms with Crippen LogP contribution in [-0.2, 0) is 0 Å². The first kappa shape index (κ1) is 13.2. The van der Waals surface area contributed by atoms with E-state index in [1.165, 1.54) is 0 Å². The number of nitrogens with one attached hydrogen (secondary N) is 1. The second-order valence-corrected chi connectivity index (χ2v) is 5.25. The van der Waals surface area contributed by atoms with Crippen LogP contribution >= 0.6 is 31.9 Å². The molecule has 18 heavy (non-hydrogen) atoms. The predicted molar refractivity (Wildman–Crippen MR) is 76.6 cm³/mol. The van der Waals surface area contributed by atoms with Crippen molar-refractivity contribution < 1.29 is 4.79 Å². The molecule has 6 heteroatoms. The van der Waals surface area contributed by atoms with Crippen LogP contribution in [0.2, 0.25) is 0 Å². The van der Waals surface area contributed by atoms with Crippen LogP contribution in [0.25, 0.3) is 0 Å². The Bertz CT molecular complexity index is 602. The molecule has 0 aliphatic heterocycles. The predicted octanol–water partition coefficient (Wildman–Crippen LogP) is 3.56. The Hall–Kier alpha value is -1.27. The molecule has 0 aliphatic rings. The summed E-state index contributed by atoms with van der Waals surface area (Å²) in [7, 11) is 0. The molecular weight excluding hydrogens is 362 g/mol. The summed E-state index contributed by atoms with van der Waals surface area (Å²) in [6, 6.07) is 6.89. The van der Waals surface area contributed by atoms with Gasteiger partial charge >= 0.3 is 0 Å². The third-order valence-corrected chi connectivity index (χ3v) is 3.52.